The van der Waals surface area contributed by atoms with Gasteiger partial charge in [0.2, 0.25) is 0 Å². The fourth-order valence-electron chi connectivity index (χ4n) is 2.46. The summed E-state index contributed by atoms with van der Waals surface area (Å²) in [6, 6.07) is 0. The van der Waals surface area contributed by atoms with Crippen molar-refractivity contribution in [2.45, 2.75) is 58.5 Å². The molecule has 2 rings (SSSR count). The molecule has 0 aromatic rings. The van der Waals surface area contributed by atoms with Crippen molar-refractivity contribution in [3.05, 3.63) is 0 Å². The molecule has 2 aliphatic rings. The normalized spacial score (nSPS) is 27.0. The van der Waals surface area contributed by atoms with Crippen LogP contribution < -0.4 is 0 Å². The van der Waals surface area contributed by atoms with Crippen molar-refractivity contribution >= 4 is 0 Å². The molecule has 0 unspecified atom stereocenters. The zero-order valence-electron chi connectivity index (χ0n) is 9.01. The summed E-state index contributed by atoms with van der Waals surface area (Å²) >= 11 is 0. The lowest BCUT2D eigenvalue weighted by Gasteiger charge is -2.28. The maximum absolute atomic E-state index is 5.67. The Morgan fingerprint density at radius 3 is 2.23 bits per heavy atom. The summed E-state index contributed by atoms with van der Waals surface area (Å²) in [7, 11) is 0. The zero-order valence-corrected chi connectivity index (χ0v) is 9.01. The Balaban J connectivity index is 1.66. The van der Waals surface area contributed by atoms with E-state index in [9.17, 15) is 0 Å². The molecule has 0 atom stereocenters. The van der Waals surface area contributed by atoms with Crippen LogP contribution in [0.2, 0.25) is 0 Å². The lowest BCUT2D eigenvalue weighted by atomic mass is 9.80. The van der Waals surface area contributed by atoms with Gasteiger partial charge in [0, 0.05) is 6.61 Å². The maximum atomic E-state index is 5.67. The molecule has 76 valence electrons. The van der Waals surface area contributed by atoms with Gasteiger partial charge in [-0.15, -0.1) is 0 Å². The highest BCUT2D eigenvalue weighted by atomic mass is 16.5. The molecule has 2 saturated carbocycles. The van der Waals surface area contributed by atoms with Gasteiger partial charge in [-0.2, -0.15) is 0 Å². The van der Waals surface area contributed by atoms with E-state index in [1.807, 2.05) is 0 Å². The van der Waals surface area contributed by atoms with E-state index in [0.717, 1.165) is 17.9 Å². The van der Waals surface area contributed by atoms with Crippen LogP contribution in [0.4, 0.5) is 0 Å². The predicted octanol–water partition coefficient (Wildman–Crippen LogP) is 3.38. The highest BCUT2D eigenvalue weighted by Gasteiger charge is 2.44. The Hall–Kier alpha value is -0.0400. The van der Waals surface area contributed by atoms with Gasteiger partial charge in [-0.05, 0) is 63.7 Å². The largest absolute Gasteiger partial charge is 0.379 e. The second kappa shape index (κ2) is 3.61. The highest BCUT2D eigenvalue weighted by molar-refractivity contribution is 4.96. The van der Waals surface area contributed by atoms with Crippen LogP contribution in [0.15, 0.2) is 0 Å². The van der Waals surface area contributed by atoms with E-state index in [2.05, 4.69) is 13.8 Å². The van der Waals surface area contributed by atoms with E-state index in [-0.39, 0.29) is 0 Å². The Morgan fingerprint density at radius 2 is 1.77 bits per heavy atom. The topological polar surface area (TPSA) is 9.23 Å². The van der Waals surface area contributed by atoms with Crippen molar-refractivity contribution in [2.24, 2.45) is 11.3 Å². The van der Waals surface area contributed by atoms with Crippen molar-refractivity contribution in [2.75, 3.05) is 6.61 Å². The third-order valence-electron chi connectivity index (χ3n) is 3.79. The molecule has 1 spiro atoms. The molecule has 0 aliphatic heterocycles. The van der Waals surface area contributed by atoms with E-state index in [4.69, 9.17) is 4.74 Å². The van der Waals surface area contributed by atoms with E-state index in [0.29, 0.717) is 6.10 Å². The summed E-state index contributed by atoms with van der Waals surface area (Å²) in [6.07, 6.45) is 9.27. The third-order valence-corrected chi connectivity index (χ3v) is 3.79. The molecule has 0 aromatic carbocycles. The Morgan fingerprint density at radius 1 is 1.15 bits per heavy atom. The van der Waals surface area contributed by atoms with Gasteiger partial charge in [0.1, 0.15) is 0 Å². The number of rotatable bonds is 3. The first-order chi connectivity index (χ1) is 6.20. The van der Waals surface area contributed by atoms with E-state index in [1.54, 1.807) is 0 Å². The van der Waals surface area contributed by atoms with E-state index in [1.165, 1.54) is 38.5 Å². The zero-order chi connectivity index (χ0) is 9.31. The first-order valence-electron chi connectivity index (χ1n) is 5.82. The predicted molar refractivity (Wildman–Crippen MR) is 54.7 cm³/mol. The molecule has 0 aromatic heterocycles. The summed E-state index contributed by atoms with van der Waals surface area (Å²) in [5.41, 5.74) is 0.842. The Bertz CT molecular complexity index is 157. The Kier molecular flexibility index (Phi) is 2.64. The lowest BCUT2D eigenvalue weighted by Crippen LogP contribution is -2.20. The molecule has 1 heteroatoms. The number of hydrogen-bond donors (Lipinski definition) is 0. The van der Waals surface area contributed by atoms with Gasteiger partial charge >= 0.3 is 0 Å². The van der Waals surface area contributed by atoms with E-state index >= 15 is 0 Å². The summed E-state index contributed by atoms with van der Waals surface area (Å²) in [6.45, 7) is 5.27. The van der Waals surface area contributed by atoms with Gasteiger partial charge in [-0.1, -0.05) is 0 Å². The molecule has 2 fully saturated rings. The van der Waals surface area contributed by atoms with Gasteiger partial charge in [0.05, 0.1) is 6.10 Å². The molecule has 1 nitrogen and oxygen atoms in total. The number of ether oxygens (including phenoxy) is 1. The smallest absolute Gasteiger partial charge is 0.0519 e. The molecular weight excluding hydrogens is 160 g/mol. The molecule has 0 N–H and O–H groups in total. The van der Waals surface area contributed by atoms with Gasteiger partial charge in [0.15, 0.2) is 0 Å². The first kappa shape index (κ1) is 9.51. The summed E-state index contributed by atoms with van der Waals surface area (Å²) < 4.78 is 5.67. The van der Waals surface area contributed by atoms with Gasteiger partial charge < -0.3 is 4.74 Å². The van der Waals surface area contributed by atoms with Crippen LogP contribution in [0.25, 0.3) is 0 Å². The van der Waals surface area contributed by atoms with Crippen LogP contribution in [-0.4, -0.2) is 12.7 Å². The van der Waals surface area contributed by atoms with Gasteiger partial charge in [0.25, 0.3) is 0 Å². The van der Waals surface area contributed by atoms with Crippen LogP contribution in [0.3, 0.4) is 0 Å². The minimum atomic E-state index is 0.414. The molecule has 0 heterocycles. The van der Waals surface area contributed by atoms with Crippen LogP contribution in [-0.2, 0) is 4.74 Å². The fraction of sp³-hybridized carbons (Fsp3) is 1.00. The molecule has 0 bridgehead atoms. The minimum absolute atomic E-state index is 0.414. The highest BCUT2D eigenvalue weighted by Crippen LogP contribution is 2.57. The third kappa shape index (κ3) is 2.46. The molecule has 2 aliphatic carbocycles. The van der Waals surface area contributed by atoms with Crippen molar-refractivity contribution in [1.82, 2.24) is 0 Å². The Labute approximate surface area is 81.9 Å². The summed E-state index contributed by atoms with van der Waals surface area (Å²) in [4.78, 5) is 0. The average Bonchev–Trinajstić information content (AvgIpc) is 2.85. The van der Waals surface area contributed by atoms with E-state index < -0.39 is 0 Å². The number of hydrogen-bond acceptors (Lipinski definition) is 1. The van der Waals surface area contributed by atoms with Crippen LogP contribution in [0.5, 0.6) is 0 Å². The second-order valence-electron chi connectivity index (χ2n) is 5.33. The molecular formula is C12H22O. The summed E-state index contributed by atoms with van der Waals surface area (Å²) in [5.74, 6) is 0.869. The van der Waals surface area contributed by atoms with Crippen LogP contribution >= 0.6 is 0 Å². The average molecular weight is 182 g/mol. The van der Waals surface area contributed by atoms with Gasteiger partial charge in [-0.3, -0.25) is 0 Å². The standard InChI is InChI=1S/C12H22O/c1-10(2)13-9-11-3-5-12(6-4-11)7-8-12/h10-11H,3-9H2,1-2H3. The SMILES string of the molecule is CC(C)OCC1CCC2(CC1)CC2. The van der Waals surface area contributed by atoms with Crippen molar-refractivity contribution in [3.8, 4) is 0 Å². The maximum Gasteiger partial charge on any atom is 0.0519 e. The second-order valence-corrected chi connectivity index (χ2v) is 5.33. The van der Waals surface area contributed by atoms with Crippen molar-refractivity contribution < 1.29 is 4.74 Å². The minimum Gasteiger partial charge on any atom is -0.379 e. The molecule has 0 saturated heterocycles. The lowest BCUT2D eigenvalue weighted by molar-refractivity contribution is 0.0349. The molecule has 0 radical (unpaired) electrons. The van der Waals surface area contributed by atoms with Crippen LogP contribution in [0, 0.1) is 11.3 Å². The first-order valence-corrected chi connectivity index (χ1v) is 5.82. The van der Waals surface area contributed by atoms with Crippen molar-refractivity contribution in [3.63, 3.8) is 0 Å². The molecule has 13 heavy (non-hydrogen) atoms. The summed E-state index contributed by atoms with van der Waals surface area (Å²) in [5, 5.41) is 0. The van der Waals surface area contributed by atoms with Gasteiger partial charge in [-0.25, -0.2) is 0 Å². The quantitative estimate of drug-likeness (QED) is 0.650. The fourth-order valence-corrected chi connectivity index (χ4v) is 2.46. The van der Waals surface area contributed by atoms with Crippen LogP contribution in [0.1, 0.15) is 52.4 Å². The monoisotopic (exact) mass is 182 g/mol. The molecule has 0 amide bonds. The van der Waals surface area contributed by atoms with Crippen molar-refractivity contribution in [1.29, 1.82) is 0 Å².